The Balaban J connectivity index is 0.00000288. The van der Waals surface area contributed by atoms with Gasteiger partial charge in [-0.1, -0.05) is 12.1 Å². The second kappa shape index (κ2) is 10.4. The van der Waals surface area contributed by atoms with Crippen molar-refractivity contribution in [3.05, 3.63) is 39.9 Å². The number of nitro benzene ring substituents is 1. The third kappa shape index (κ3) is 6.60. The fraction of sp³-hybridized carbons (Fsp3) is 0.562. The number of aliphatic hydroxyl groups is 1. The minimum absolute atomic E-state index is 0. The third-order valence-corrected chi connectivity index (χ3v) is 3.95. The predicted octanol–water partition coefficient (Wildman–Crippen LogP) is 2.57. The van der Waals surface area contributed by atoms with E-state index in [4.69, 9.17) is 0 Å². The first kappa shape index (κ1) is 20.6. The molecule has 0 bridgehead atoms. The maximum Gasteiger partial charge on any atom is 0.269 e. The van der Waals surface area contributed by atoms with E-state index in [1.165, 1.54) is 12.1 Å². The molecule has 1 aromatic rings. The van der Waals surface area contributed by atoms with Crippen LogP contribution in [0.2, 0.25) is 0 Å². The van der Waals surface area contributed by atoms with Gasteiger partial charge in [0.05, 0.1) is 17.6 Å². The smallest absolute Gasteiger partial charge is 0.269 e. The highest BCUT2D eigenvalue weighted by Crippen LogP contribution is 2.18. The minimum atomic E-state index is -0.407. The van der Waals surface area contributed by atoms with Crippen LogP contribution in [-0.4, -0.2) is 34.7 Å². The largest absolute Gasteiger partial charge is 0.393 e. The summed E-state index contributed by atoms with van der Waals surface area (Å²) in [5.41, 5.74) is 1.01. The van der Waals surface area contributed by atoms with E-state index in [0.29, 0.717) is 12.6 Å². The van der Waals surface area contributed by atoms with Gasteiger partial charge in [-0.15, -0.1) is 24.0 Å². The van der Waals surface area contributed by atoms with Crippen LogP contribution in [0.3, 0.4) is 0 Å². The molecule has 1 aliphatic rings. The summed E-state index contributed by atoms with van der Waals surface area (Å²) in [6.07, 6.45) is 3.33. The molecular formula is C16H25IN4O3. The predicted molar refractivity (Wildman–Crippen MR) is 105 cm³/mol. The molecule has 0 aromatic heterocycles. The summed E-state index contributed by atoms with van der Waals surface area (Å²) in [5.74, 6) is 0.743. The highest BCUT2D eigenvalue weighted by Gasteiger charge is 2.19. The molecule has 0 atom stereocenters. The van der Waals surface area contributed by atoms with Gasteiger partial charge < -0.3 is 15.7 Å². The maximum atomic E-state index is 10.6. The maximum absolute atomic E-state index is 10.6. The summed E-state index contributed by atoms with van der Waals surface area (Å²) in [6, 6.07) is 6.76. The zero-order valence-corrected chi connectivity index (χ0v) is 16.1. The molecule has 24 heavy (non-hydrogen) atoms. The summed E-state index contributed by atoms with van der Waals surface area (Å²) in [7, 11) is 0. The number of nitrogens with one attached hydrogen (secondary N) is 2. The van der Waals surface area contributed by atoms with E-state index in [1.807, 2.05) is 6.92 Å². The van der Waals surface area contributed by atoms with Crippen molar-refractivity contribution in [3.63, 3.8) is 0 Å². The Hall–Kier alpha value is -1.42. The normalized spacial score (nSPS) is 20.8. The number of aliphatic imine (C=N–C) groups is 1. The molecule has 0 amide bonds. The number of nitro groups is 1. The van der Waals surface area contributed by atoms with E-state index in [1.54, 1.807) is 12.1 Å². The molecule has 134 valence electrons. The van der Waals surface area contributed by atoms with Gasteiger partial charge in [0.2, 0.25) is 0 Å². The van der Waals surface area contributed by atoms with Gasteiger partial charge in [-0.3, -0.25) is 10.1 Å². The second-order valence-electron chi connectivity index (χ2n) is 5.77. The number of rotatable bonds is 5. The van der Waals surface area contributed by atoms with Gasteiger partial charge in [0.15, 0.2) is 5.96 Å². The molecule has 0 radical (unpaired) electrons. The van der Waals surface area contributed by atoms with Crippen LogP contribution in [-0.2, 0) is 6.54 Å². The fourth-order valence-electron chi connectivity index (χ4n) is 2.63. The number of benzene rings is 1. The SMILES string of the molecule is CCNC(=NCc1ccc([N+](=O)[O-])cc1)NC1CCC(O)CC1.I. The quantitative estimate of drug-likeness (QED) is 0.212. The molecule has 3 N–H and O–H groups in total. The van der Waals surface area contributed by atoms with E-state index >= 15 is 0 Å². The molecule has 1 fully saturated rings. The van der Waals surface area contributed by atoms with Gasteiger partial charge >= 0.3 is 0 Å². The average Bonchev–Trinajstić information content (AvgIpc) is 2.55. The molecule has 0 unspecified atom stereocenters. The van der Waals surface area contributed by atoms with Crippen LogP contribution in [0.1, 0.15) is 38.2 Å². The van der Waals surface area contributed by atoms with Crippen molar-refractivity contribution in [1.82, 2.24) is 10.6 Å². The lowest BCUT2D eigenvalue weighted by Gasteiger charge is -2.27. The number of guanidine groups is 1. The van der Waals surface area contributed by atoms with Crippen molar-refractivity contribution in [1.29, 1.82) is 0 Å². The van der Waals surface area contributed by atoms with Gasteiger partial charge in [-0.05, 0) is 38.2 Å². The lowest BCUT2D eigenvalue weighted by Crippen LogP contribution is -2.45. The molecule has 8 heteroatoms. The van der Waals surface area contributed by atoms with Crippen molar-refractivity contribution in [2.24, 2.45) is 4.99 Å². The van der Waals surface area contributed by atoms with E-state index in [0.717, 1.165) is 43.8 Å². The number of halogens is 1. The lowest BCUT2D eigenvalue weighted by atomic mass is 9.93. The minimum Gasteiger partial charge on any atom is -0.393 e. The molecule has 0 spiro atoms. The van der Waals surface area contributed by atoms with Crippen LogP contribution in [0.4, 0.5) is 5.69 Å². The van der Waals surface area contributed by atoms with Gasteiger partial charge in [0, 0.05) is 24.7 Å². The van der Waals surface area contributed by atoms with Gasteiger partial charge in [0.25, 0.3) is 5.69 Å². The van der Waals surface area contributed by atoms with Crippen LogP contribution in [0.5, 0.6) is 0 Å². The van der Waals surface area contributed by atoms with Gasteiger partial charge in [-0.2, -0.15) is 0 Å². The van der Waals surface area contributed by atoms with Crippen molar-refractivity contribution < 1.29 is 10.0 Å². The first-order valence-corrected chi connectivity index (χ1v) is 8.04. The molecule has 1 saturated carbocycles. The number of aliphatic hydroxyl groups excluding tert-OH is 1. The molecule has 0 aliphatic heterocycles. The Bertz CT molecular complexity index is 543. The fourth-order valence-corrected chi connectivity index (χ4v) is 2.63. The number of hydrogen-bond acceptors (Lipinski definition) is 4. The van der Waals surface area contributed by atoms with Crippen LogP contribution in [0.25, 0.3) is 0 Å². The zero-order chi connectivity index (χ0) is 16.7. The number of non-ortho nitro benzene ring substituents is 1. The molecule has 0 saturated heterocycles. The van der Waals surface area contributed by atoms with E-state index in [-0.39, 0.29) is 35.8 Å². The summed E-state index contributed by atoms with van der Waals surface area (Å²) in [4.78, 5) is 14.8. The van der Waals surface area contributed by atoms with Crippen LogP contribution in [0, 0.1) is 10.1 Å². The van der Waals surface area contributed by atoms with Crippen LogP contribution in [0.15, 0.2) is 29.3 Å². The second-order valence-corrected chi connectivity index (χ2v) is 5.77. The van der Waals surface area contributed by atoms with Gasteiger partial charge in [0.1, 0.15) is 0 Å². The number of hydrogen-bond donors (Lipinski definition) is 3. The average molecular weight is 448 g/mol. The van der Waals surface area contributed by atoms with Crippen molar-refractivity contribution in [3.8, 4) is 0 Å². The molecule has 7 nitrogen and oxygen atoms in total. The zero-order valence-electron chi connectivity index (χ0n) is 13.8. The molecule has 1 aliphatic carbocycles. The van der Waals surface area contributed by atoms with Crippen LogP contribution >= 0.6 is 24.0 Å². The first-order valence-electron chi connectivity index (χ1n) is 8.04. The monoisotopic (exact) mass is 448 g/mol. The molecule has 2 rings (SSSR count). The number of nitrogens with zero attached hydrogens (tertiary/aromatic N) is 2. The van der Waals surface area contributed by atoms with Crippen molar-refractivity contribution in [2.75, 3.05) is 6.54 Å². The van der Waals surface area contributed by atoms with E-state index in [2.05, 4.69) is 15.6 Å². The highest BCUT2D eigenvalue weighted by atomic mass is 127. The Morgan fingerprint density at radius 3 is 2.46 bits per heavy atom. The lowest BCUT2D eigenvalue weighted by molar-refractivity contribution is -0.384. The first-order chi connectivity index (χ1) is 11.1. The van der Waals surface area contributed by atoms with E-state index < -0.39 is 4.92 Å². The summed E-state index contributed by atoms with van der Waals surface area (Å²) < 4.78 is 0. The topological polar surface area (TPSA) is 99.8 Å². The molecular weight excluding hydrogens is 423 g/mol. The summed E-state index contributed by atoms with van der Waals surface area (Å²) >= 11 is 0. The third-order valence-electron chi connectivity index (χ3n) is 3.95. The summed E-state index contributed by atoms with van der Waals surface area (Å²) in [5, 5.41) is 26.8. The van der Waals surface area contributed by atoms with Crippen molar-refractivity contribution in [2.45, 2.75) is 51.3 Å². The standard InChI is InChI=1S/C16H24N4O3.HI/c1-2-17-16(19-13-5-9-15(21)10-6-13)18-11-12-3-7-14(8-4-12)20(22)23;/h3-4,7-8,13,15,21H,2,5-6,9-11H2,1H3,(H2,17,18,19);1H. The Labute approximate surface area is 159 Å². The molecule has 0 heterocycles. The van der Waals surface area contributed by atoms with Crippen molar-refractivity contribution >= 4 is 35.6 Å². The highest BCUT2D eigenvalue weighted by molar-refractivity contribution is 14.0. The van der Waals surface area contributed by atoms with Crippen LogP contribution < -0.4 is 10.6 Å². The molecule has 1 aromatic carbocycles. The Morgan fingerprint density at radius 1 is 1.29 bits per heavy atom. The Kier molecular flexibility index (Phi) is 8.98. The summed E-state index contributed by atoms with van der Waals surface area (Å²) in [6.45, 7) is 3.23. The van der Waals surface area contributed by atoms with E-state index in [9.17, 15) is 15.2 Å². The van der Waals surface area contributed by atoms with Gasteiger partial charge in [-0.25, -0.2) is 4.99 Å². The Morgan fingerprint density at radius 2 is 1.92 bits per heavy atom.